The predicted molar refractivity (Wildman–Crippen MR) is 132 cm³/mol. The van der Waals surface area contributed by atoms with Crippen molar-refractivity contribution in [1.29, 1.82) is 0 Å². The summed E-state index contributed by atoms with van der Waals surface area (Å²) in [5.41, 5.74) is 2.01. The van der Waals surface area contributed by atoms with Gasteiger partial charge < -0.3 is 0 Å². The quantitative estimate of drug-likeness (QED) is 0.448. The molecule has 0 amide bonds. The number of rotatable bonds is 7. The Balaban J connectivity index is 1.22. The molecule has 0 spiro atoms. The summed E-state index contributed by atoms with van der Waals surface area (Å²) in [5, 5.41) is 2.73. The minimum atomic E-state index is -3.50. The highest BCUT2D eigenvalue weighted by Gasteiger charge is 2.43. The highest BCUT2D eigenvalue weighted by Crippen LogP contribution is 2.48. The van der Waals surface area contributed by atoms with E-state index in [1.807, 2.05) is 48.5 Å². The van der Waals surface area contributed by atoms with Gasteiger partial charge in [-0.1, -0.05) is 67.3 Å². The first-order valence-corrected chi connectivity index (χ1v) is 13.6. The van der Waals surface area contributed by atoms with Gasteiger partial charge >= 0.3 is 0 Å². The van der Waals surface area contributed by atoms with Gasteiger partial charge in [0, 0.05) is 28.8 Å². The number of halogens is 1. The van der Waals surface area contributed by atoms with E-state index in [1.165, 1.54) is 6.42 Å². The van der Waals surface area contributed by atoms with Crippen LogP contribution in [0.15, 0.2) is 65.6 Å². The number of hydrogen-bond acceptors (Lipinski definition) is 3. The molecule has 0 saturated heterocycles. The van der Waals surface area contributed by atoms with Crippen LogP contribution in [-0.2, 0) is 21.2 Å². The molecule has 6 heteroatoms. The van der Waals surface area contributed by atoms with E-state index >= 15 is 0 Å². The minimum Gasteiger partial charge on any atom is -0.299 e. The second-order valence-electron chi connectivity index (χ2n) is 9.41. The molecule has 0 bridgehead atoms. The zero-order valence-corrected chi connectivity index (χ0v) is 20.0. The molecule has 0 unspecified atom stereocenters. The van der Waals surface area contributed by atoms with Gasteiger partial charge in [0.15, 0.2) is 0 Å². The van der Waals surface area contributed by atoms with Crippen LogP contribution in [0.3, 0.4) is 0 Å². The number of sulfonamides is 1. The van der Waals surface area contributed by atoms with E-state index < -0.39 is 10.0 Å². The Bertz CT molecular complexity index is 1280. The molecule has 0 aromatic heterocycles. The van der Waals surface area contributed by atoms with Crippen molar-refractivity contribution in [2.45, 2.75) is 61.8 Å². The number of benzene rings is 3. The van der Waals surface area contributed by atoms with Crippen LogP contribution in [0.4, 0.5) is 0 Å². The number of ketones is 1. The fourth-order valence-electron chi connectivity index (χ4n) is 5.05. The molecule has 2 aliphatic carbocycles. The maximum absolute atomic E-state index is 12.9. The molecule has 33 heavy (non-hydrogen) atoms. The highest BCUT2D eigenvalue weighted by atomic mass is 35.5. The molecule has 2 atom stereocenters. The lowest BCUT2D eigenvalue weighted by Gasteiger charge is -2.22. The minimum absolute atomic E-state index is 0.00485. The molecule has 2 saturated carbocycles. The topological polar surface area (TPSA) is 63.2 Å². The Labute approximate surface area is 200 Å². The lowest BCUT2D eigenvalue weighted by atomic mass is 9.96. The number of carbonyl (C=O) groups is 1. The summed E-state index contributed by atoms with van der Waals surface area (Å²) in [4.78, 5) is 13.2. The smallest absolute Gasteiger partial charge is 0.240 e. The first-order chi connectivity index (χ1) is 15.9. The van der Waals surface area contributed by atoms with Crippen molar-refractivity contribution in [3.05, 3.63) is 76.8 Å². The molecule has 0 aliphatic heterocycles. The van der Waals surface area contributed by atoms with E-state index in [0.29, 0.717) is 16.3 Å². The van der Waals surface area contributed by atoms with Gasteiger partial charge in [-0.3, -0.25) is 4.79 Å². The Morgan fingerprint density at radius 1 is 0.970 bits per heavy atom. The van der Waals surface area contributed by atoms with Gasteiger partial charge in [0.25, 0.3) is 0 Å². The molecule has 0 radical (unpaired) electrons. The molecule has 3 aromatic rings. The van der Waals surface area contributed by atoms with Crippen molar-refractivity contribution in [2.75, 3.05) is 0 Å². The zero-order valence-electron chi connectivity index (χ0n) is 18.5. The molecule has 3 aromatic carbocycles. The van der Waals surface area contributed by atoms with Crippen LogP contribution in [0, 0.1) is 5.92 Å². The molecule has 0 heterocycles. The van der Waals surface area contributed by atoms with E-state index in [4.69, 9.17) is 11.6 Å². The van der Waals surface area contributed by atoms with Gasteiger partial charge in [-0.15, -0.1) is 0 Å². The third-order valence-electron chi connectivity index (χ3n) is 7.02. The van der Waals surface area contributed by atoms with Crippen LogP contribution in [0.25, 0.3) is 10.8 Å². The standard InChI is InChI=1S/C27H28ClNO3S/c28-26-8-4-5-19-10-9-18(15-24(19)26)16-27(30)25-17-23(25)20-11-13-22(14-12-20)33(31,32)29-21-6-2-1-3-7-21/h4-5,8-15,21,23,25,29H,1-3,6-7,16-17H2/t23-,25+/m0/s1. The maximum atomic E-state index is 12.9. The van der Waals surface area contributed by atoms with E-state index in [0.717, 1.165) is 54.0 Å². The van der Waals surface area contributed by atoms with Crippen molar-refractivity contribution >= 4 is 38.2 Å². The highest BCUT2D eigenvalue weighted by molar-refractivity contribution is 7.89. The van der Waals surface area contributed by atoms with Crippen LogP contribution in [0.5, 0.6) is 0 Å². The van der Waals surface area contributed by atoms with Crippen LogP contribution >= 0.6 is 11.6 Å². The molecule has 172 valence electrons. The van der Waals surface area contributed by atoms with Crippen molar-refractivity contribution in [1.82, 2.24) is 4.72 Å². The number of carbonyl (C=O) groups excluding carboxylic acids is 1. The van der Waals surface area contributed by atoms with Gasteiger partial charge in [0.05, 0.1) is 4.90 Å². The molecule has 5 rings (SSSR count). The zero-order chi connectivity index (χ0) is 23.0. The third-order valence-corrected chi connectivity index (χ3v) is 8.89. The summed E-state index contributed by atoms with van der Waals surface area (Å²) in [7, 11) is -3.50. The van der Waals surface area contributed by atoms with Gasteiger partial charge in [-0.05, 0) is 66.0 Å². The summed E-state index contributed by atoms with van der Waals surface area (Å²) in [6.45, 7) is 0. The van der Waals surface area contributed by atoms with Gasteiger partial charge in [-0.2, -0.15) is 0 Å². The number of nitrogens with one attached hydrogen (secondary N) is 1. The Morgan fingerprint density at radius 3 is 2.48 bits per heavy atom. The average Bonchev–Trinajstić information content (AvgIpc) is 3.61. The Hall–Kier alpha value is -2.21. The van der Waals surface area contributed by atoms with Crippen LogP contribution in [0.2, 0.25) is 5.02 Å². The lowest BCUT2D eigenvalue weighted by Crippen LogP contribution is -2.36. The first-order valence-electron chi connectivity index (χ1n) is 11.7. The molecule has 2 fully saturated rings. The van der Waals surface area contributed by atoms with Crippen molar-refractivity contribution in [3.63, 3.8) is 0 Å². The van der Waals surface area contributed by atoms with E-state index in [1.54, 1.807) is 12.1 Å². The average molecular weight is 482 g/mol. The van der Waals surface area contributed by atoms with Gasteiger partial charge in [-0.25, -0.2) is 13.1 Å². The van der Waals surface area contributed by atoms with Crippen LogP contribution in [0.1, 0.15) is 55.6 Å². The van der Waals surface area contributed by atoms with Crippen LogP contribution in [-0.4, -0.2) is 20.2 Å². The summed E-state index contributed by atoms with van der Waals surface area (Å²) in [5.74, 6) is 0.390. The van der Waals surface area contributed by atoms with Gasteiger partial charge in [0.2, 0.25) is 10.0 Å². The van der Waals surface area contributed by atoms with Gasteiger partial charge in [0.1, 0.15) is 5.78 Å². The summed E-state index contributed by atoms with van der Waals surface area (Å²) in [6, 6.07) is 18.9. The fourth-order valence-corrected chi connectivity index (χ4v) is 6.59. The lowest BCUT2D eigenvalue weighted by molar-refractivity contribution is -0.119. The number of fused-ring (bicyclic) bond motifs is 1. The maximum Gasteiger partial charge on any atom is 0.240 e. The molecule has 2 aliphatic rings. The molecular formula is C27H28ClNO3S. The largest absolute Gasteiger partial charge is 0.299 e. The molecule has 4 nitrogen and oxygen atoms in total. The summed E-state index contributed by atoms with van der Waals surface area (Å²) >= 11 is 6.31. The van der Waals surface area contributed by atoms with E-state index in [-0.39, 0.29) is 23.7 Å². The fraction of sp³-hybridized carbons (Fsp3) is 0.370. The monoisotopic (exact) mass is 481 g/mol. The molecular weight excluding hydrogens is 454 g/mol. The van der Waals surface area contributed by atoms with E-state index in [2.05, 4.69) is 4.72 Å². The van der Waals surface area contributed by atoms with Crippen molar-refractivity contribution in [2.24, 2.45) is 5.92 Å². The normalized spacial score (nSPS) is 21.2. The summed E-state index contributed by atoms with van der Waals surface area (Å²) < 4.78 is 28.3. The second kappa shape index (κ2) is 9.21. The molecule has 1 N–H and O–H groups in total. The Morgan fingerprint density at radius 2 is 1.73 bits per heavy atom. The number of hydrogen-bond donors (Lipinski definition) is 1. The van der Waals surface area contributed by atoms with E-state index in [9.17, 15) is 13.2 Å². The SMILES string of the molecule is O=C(Cc1ccc2cccc(Cl)c2c1)[C@@H]1C[C@H]1c1ccc(S(=O)(=O)NC2CCCCC2)cc1. The first kappa shape index (κ1) is 22.6. The third kappa shape index (κ3) is 5.01. The van der Waals surface area contributed by atoms with Crippen molar-refractivity contribution < 1.29 is 13.2 Å². The summed E-state index contributed by atoms with van der Waals surface area (Å²) in [6.07, 6.45) is 6.37. The second-order valence-corrected chi connectivity index (χ2v) is 11.5. The Kier molecular flexibility index (Phi) is 6.30. The van der Waals surface area contributed by atoms with Crippen LogP contribution < -0.4 is 4.72 Å². The predicted octanol–water partition coefficient (Wildman–Crippen LogP) is 6.02. The number of Topliss-reactive ketones (excluding diaryl/α,β-unsaturated/α-hetero) is 1. The van der Waals surface area contributed by atoms with Crippen molar-refractivity contribution in [3.8, 4) is 0 Å².